The van der Waals surface area contributed by atoms with Gasteiger partial charge < -0.3 is 5.32 Å². The highest BCUT2D eigenvalue weighted by atomic mass is 19.4. The van der Waals surface area contributed by atoms with Crippen molar-refractivity contribution >= 4 is 0 Å². The first-order chi connectivity index (χ1) is 8.06. The first kappa shape index (κ1) is 12.3. The van der Waals surface area contributed by atoms with Gasteiger partial charge in [-0.1, -0.05) is 0 Å². The summed E-state index contributed by atoms with van der Waals surface area (Å²) in [4.78, 5) is 8.26. The van der Waals surface area contributed by atoms with Crippen LogP contribution in [0.5, 0.6) is 0 Å². The lowest BCUT2D eigenvalue weighted by molar-refractivity contribution is -0.135. The summed E-state index contributed by atoms with van der Waals surface area (Å²) >= 11 is 0. The van der Waals surface area contributed by atoms with Gasteiger partial charge in [-0.25, -0.2) is 9.97 Å². The fourth-order valence-electron chi connectivity index (χ4n) is 2.00. The Balaban J connectivity index is 2.01. The van der Waals surface area contributed by atoms with E-state index in [1.54, 1.807) is 0 Å². The smallest absolute Gasteiger partial charge is 0.312 e. The van der Waals surface area contributed by atoms with E-state index in [1.165, 1.54) is 6.33 Å². The predicted octanol–water partition coefficient (Wildman–Crippen LogP) is 2.01. The summed E-state index contributed by atoms with van der Waals surface area (Å²) < 4.78 is 36.2. The molecule has 0 saturated heterocycles. The summed E-state index contributed by atoms with van der Waals surface area (Å²) in [6.07, 6.45) is -2.10. The number of hydrogen-bond acceptors (Lipinski definition) is 3. The molecular weight excluding hydrogens is 231 g/mol. The van der Waals surface area contributed by atoms with Gasteiger partial charge in [0.1, 0.15) is 6.33 Å². The first-order valence-corrected chi connectivity index (χ1v) is 5.65. The third-order valence-electron chi connectivity index (χ3n) is 2.84. The molecule has 0 unspecified atom stereocenters. The molecule has 0 bridgehead atoms. The number of nitrogens with one attached hydrogen (secondary N) is 1. The number of rotatable bonds is 3. The highest BCUT2D eigenvalue weighted by Gasteiger charge is 2.26. The molecule has 0 spiro atoms. The molecule has 94 valence electrons. The normalized spacial score (nSPS) is 15.7. The van der Waals surface area contributed by atoms with Crippen molar-refractivity contribution < 1.29 is 13.2 Å². The van der Waals surface area contributed by atoms with Gasteiger partial charge >= 0.3 is 6.18 Å². The van der Waals surface area contributed by atoms with Gasteiger partial charge in [0.2, 0.25) is 0 Å². The summed E-state index contributed by atoms with van der Waals surface area (Å²) in [5.41, 5.74) is 2.72. The van der Waals surface area contributed by atoms with E-state index < -0.39 is 12.6 Å². The number of aromatic nitrogens is 2. The molecule has 1 aliphatic heterocycles. The molecule has 2 rings (SSSR count). The second-order valence-corrected chi connectivity index (χ2v) is 4.14. The number of halogens is 3. The monoisotopic (exact) mass is 245 g/mol. The summed E-state index contributed by atoms with van der Waals surface area (Å²) in [5.74, 6) is 0. The summed E-state index contributed by atoms with van der Waals surface area (Å²) in [7, 11) is 0. The molecule has 0 aromatic carbocycles. The van der Waals surface area contributed by atoms with Crippen molar-refractivity contribution in [1.29, 1.82) is 0 Å². The second-order valence-electron chi connectivity index (χ2n) is 4.14. The van der Waals surface area contributed by atoms with Gasteiger partial charge in [0.25, 0.3) is 0 Å². The van der Waals surface area contributed by atoms with Crippen LogP contribution in [0.15, 0.2) is 6.33 Å². The van der Waals surface area contributed by atoms with Gasteiger partial charge in [0, 0.05) is 42.9 Å². The zero-order chi connectivity index (χ0) is 12.3. The van der Waals surface area contributed by atoms with Crippen LogP contribution in [-0.2, 0) is 19.4 Å². The summed E-state index contributed by atoms with van der Waals surface area (Å²) in [6.45, 7) is 1.53. The number of hydrogen-bond donors (Lipinski definition) is 1. The van der Waals surface area contributed by atoms with Gasteiger partial charge in [0.15, 0.2) is 0 Å². The Labute approximate surface area is 97.5 Å². The van der Waals surface area contributed by atoms with Crippen molar-refractivity contribution in [2.45, 2.75) is 38.4 Å². The quantitative estimate of drug-likeness (QED) is 0.885. The molecule has 2 heterocycles. The average Bonchev–Trinajstić information content (AvgIpc) is 2.28. The molecule has 1 aromatic rings. The van der Waals surface area contributed by atoms with Crippen LogP contribution in [0.1, 0.15) is 29.8 Å². The van der Waals surface area contributed by atoms with E-state index in [1.807, 2.05) is 0 Å². The lowest BCUT2D eigenvalue weighted by Gasteiger charge is -2.18. The standard InChI is InChI=1S/C11H14F3N3/c12-11(13,14)4-1-2-9-8-6-15-5-3-10(8)17-7-16-9/h7,15H,1-6H2. The fraction of sp³-hybridized carbons (Fsp3) is 0.636. The lowest BCUT2D eigenvalue weighted by atomic mass is 10.0. The van der Waals surface area contributed by atoms with Crippen LogP contribution < -0.4 is 5.32 Å². The van der Waals surface area contributed by atoms with Gasteiger partial charge in [-0.2, -0.15) is 13.2 Å². The van der Waals surface area contributed by atoms with E-state index in [4.69, 9.17) is 0 Å². The maximum absolute atomic E-state index is 12.1. The first-order valence-electron chi connectivity index (χ1n) is 5.65. The van der Waals surface area contributed by atoms with Crippen LogP contribution in [0, 0.1) is 0 Å². The Morgan fingerprint density at radius 2 is 2.12 bits per heavy atom. The van der Waals surface area contributed by atoms with Gasteiger partial charge in [-0.3, -0.25) is 0 Å². The van der Waals surface area contributed by atoms with Gasteiger partial charge in [-0.05, 0) is 12.8 Å². The Morgan fingerprint density at radius 1 is 1.29 bits per heavy atom. The molecule has 0 fully saturated rings. The molecule has 0 radical (unpaired) electrons. The molecule has 0 aliphatic carbocycles. The van der Waals surface area contributed by atoms with Crippen molar-refractivity contribution in [2.75, 3.05) is 6.54 Å². The highest BCUT2D eigenvalue weighted by molar-refractivity contribution is 5.26. The molecule has 6 heteroatoms. The van der Waals surface area contributed by atoms with Crippen LogP contribution in [-0.4, -0.2) is 22.7 Å². The Kier molecular flexibility index (Phi) is 3.61. The molecule has 17 heavy (non-hydrogen) atoms. The number of alkyl halides is 3. The maximum Gasteiger partial charge on any atom is 0.389 e. The molecule has 1 aliphatic rings. The van der Waals surface area contributed by atoms with Crippen molar-refractivity contribution in [3.05, 3.63) is 23.3 Å². The van der Waals surface area contributed by atoms with Crippen LogP contribution in [0.25, 0.3) is 0 Å². The SMILES string of the molecule is FC(F)(F)CCCc1ncnc2c1CNCC2. The molecule has 0 atom stereocenters. The number of aryl methyl sites for hydroxylation is 1. The van der Waals surface area contributed by atoms with Crippen molar-refractivity contribution in [1.82, 2.24) is 15.3 Å². The van der Waals surface area contributed by atoms with Crippen LogP contribution >= 0.6 is 0 Å². The third-order valence-corrected chi connectivity index (χ3v) is 2.84. The van der Waals surface area contributed by atoms with Crippen LogP contribution in [0.2, 0.25) is 0 Å². The fourth-order valence-corrected chi connectivity index (χ4v) is 2.00. The second kappa shape index (κ2) is 5.00. The minimum absolute atomic E-state index is 0.0902. The molecular formula is C11H14F3N3. The molecule has 0 amide bonds. The zero-order valence-corrected chi connectivity index (χ0v) is 9.35. The van der Waals surface area contributed by atoms with E-state index in [-0.39, 0.29) is 6.42 Å². The molecule has 1 N–H and O–H groups in total. The van der Waals surface area contributed by atoms with E-state index in [9.17, 15) is 13.2 Å². The van der Waals surface area contributed by atoms with E-state index in [0.29, 0.717) is 13.0 Å². The zero-order valence-electron chi connectivity index (χ0n) is 9.35. The summed E-state index contributed by atoms with van der Waals surface area (Å²) in [6, 6.07) is 0. The van der Waals surface area contributed by atoms with Crippen molar-refractivity contribution in [2.24, 2.45) is 0 Å². The average molecular weight is 245 g/mol. The number of fused-ring (bicyclic) bond motifs is 1. The van der Waals surface area contributed by atoms with Gasteiger partial charge in [0.05, 0.1) is 0 Å². The molecule has 1 aromatic heterocycles. The molecule has 3 nitrogen and oxygen atoms in total. The predicted molar refractivity (Wildman–Crippen MR) is 56.4 cm³/mol. The van der Waals surface area contributed by atoms with E-state index in [0.717, 1.165) is 29.9 Å². The van der Waals surface area contributed by atoms with Crippen molar-refractivity contribution in [3.63, 3.8) is 0 Å². The Bertz CT molecular complexity index is 390. The lowest BCUT2D eigenvalue weighted by Crippen LogP contribution is -2.26. The highest BCUT2D eigenvalue weighted by Crippen LogP contribution is 2.23. The minimum Gasteiger partial charge on any atom is -0.312 e. The largest absolute Gasteiger partial charge is 0.389 e. The Morgan fingerprint density at radius 3 is 2.88 bits per heavy atom. The Hall–Kier alpha value is -1.17. The summed E-state index contributed by atoms with van der Waals surface area (Å²) in [5, 5.41) is 3.19. The van der Waals surface area contributed by atoms with Crippen LogP contribution in [0.4, 0.5) is 13.2 Å². The van der Waals surface area contributed by atoms with Gasteiger partial charge in [-0.15, -0.1) is 0 Å². The number of nitrogens with zero attached hydrogens (tertiary/aromatic N) is 2. The van der Waals surface area contributed by atoms with Crippen LogP contribution in [0.3, 0.4) is 0 Å². The molecule has 0 saturated carbocycles. The van der Waals surface area contributed by atoms with E-state index in [2.05, 4.69) is 15.3 Å². The maximum atomic E-state index is 12.1. The van der Waals surface area contributed by atoms with E-state index >= 15 is 0 Å². The third kappa shape index (κ3) is 3.39. The minimum atomic E-state index is -4.08. The topological polar surface area (TPSA) is 37.8 Å². The van der Waals surface area contributed by atoms with Crippen molar-refractivity contribution in [3.8, 4) is 0 Å².